The second kappa shape index (κ2) is 14.7. The van der Waals surface area contributed by atoms with Crippen molar-refractivity contribution in [3.05, 3.63) is 120 Å². The lowest BCUT2D eigenvalue weighted by Gasteiger charge is -2.21. The first-order valence-electron chi connectivity index (χ1n) is 13.0. The van der Waals surface area contributed by atoms with Gasteiger partial charge < -0.3 is 14.8 Å². The lowest BCUT2D eigenvalue weighted by molar-refractivity contribution is -0.121. The van der Waals surface area contributed by atoms with E-state index in [0.717, 1.165) is 4.31 Å². The van der Waals surface area contributed by atoms with E-state index in [2.05, 4.69) is 15.8 Å². The van der Waals surface area contributed by atoms with Gasteiger partial charge in [0.05, 0.1) is 24.8 Å². The fourth-order valence-electron chi connectivity index (χ4n) is 3.81. The standard InChI is InChI=1S/C31H29FN4O6S/c1-41-27-15-17-29(18-16-27)43(39,40)36(20-24-5-3-2-4-6-24)21-30(37)35-33-19-23-7-13-28(14-8-23)42-22-31(38)34-26-11-9-25(32)10-12-26/h2-19H,20-22H2,1H3,(H,34,38)(H,35,37)/b33-19+. The second-order valence-corrected chi connectivity index (χ2v) is 11.1. The fourth-order valence-corrected chi connectivity index (χ4v) is 5.20. The highest BCUT2D eigenvalue weighted by Gasteiger charge is 2.27. The van der Waals surface area contributed by atoms with Gasteiger partial charge >= 0.3 is 0 Å². The first-order chi connectivity index (χ1) is 20.7. The molecule has 4 aromatic rings. The number of carbonyl (C=O) groups is 2. The first-order valence-corrected chi connectivity index (χ1v) is 14.5. The number of hydrogen-bond donors (Lipinski definition) is 2. The number of halogens is 1. The summed E-state index contributed by atoms with van der Waals surface area (Å²) in [6, 6.07) is 26.8. The van der Waals surface area contributed by atoms with E-state index in [1.165, 1.54) is 61.9 Å². The Morgan fingerprint density at radius 1 is 0.860 bits per heavy atom. The van der Waals surface area contributed by atoms with Crippen molar-refractivity contribution in [3.63, 3.8) is 0 Å². The van der Waals surface area contributed by atoms with Gasteiger partial charge in [-0.05, 0) is 83.9 Å². The lowest BCUT2D eigenvalue weighted by atomic mass is 10.2. The van der Waals surface area contributed by atoms with Gasteiger partial charge in [0.2, 0.25) is 10.0 Å². The molecular formula is C31H29FN4O6S. The van der Waals surface area contributed by atoms with Crippen LogP contribution in [-0.2, 0) is 26.2 Å². The predicted octanol–water partition coefficient (Wildman–Crippen LogP) is 4.19. The van der Waals surface area contributed by atoms with Crippen LogP contribution >= 0.6 is 0 Å². The second-order valence-electron chi connectivity index (χ2n) is 9.14. The molecule has 0 aliphatic rings. The quantitative estimate of drug-likeness (QED) is 0.174. The Balaban J connectivity index is 1.32. The number of hydrazone groups is 1. The van der Waals surface area contributed by atoms with Gasteiger partial charge in [-0.2, -0.15) is 9.41 Å². The molecule has 0 saturated carbocycles. The highest BCUT2D eigenvalue weighted by molar-refractivity contribution is 7.89. The van der Waals surface area contributed by atoms with Crippen LogP contribution in [0.2, 0.25) is 0 Å². The zero-order valence-corrected chi connectivity index (χ0v) is 24.0. The van der Waals surface area contributed by atoms with E-state index < -0.39 is 34.2 Å². The molecule has 0 atom stereocenters. The fraction of sp³-hybridized carbons (Fsp3) is 0.129. The molecule has 0 bridgehead atoms. The van der Waals surface area contributed by atoms with Crippen molar-refractivity contribution in [2.24, 2.45) is 5.10 Å². The zero-order valence-electron chi connectivity index (χ0n) is 23.1. The van der Waals surface area contributed by atoms with E-state index in [1.54, 1.807) is 48.5 Å². The molecule has 0 radical (unpaired) electrons. The van der Waals surface area contributed by atoms with Crippen LogP contribution in [0.25, 0.3) is 0 Å². The van der Waals surface area contributed by atoms with Crippen LogP contribution < -0.4 is 20.2 Å². The molecule has 0 heterocycles. The van der Waals surface area contributed by atoms with Gasteiger partial charge in [-0.3, -0.25) is 9.59 Å². The van der Waals surface area contributed by atoms with E-state index in [4.69, 9.17) is 9.47 Å². The maximum Gasteiger partial charge on any atom is 0.262 e. The Labute approximate surface area is 248 Å². The number of rotatable bonds is 13. The van der Waals surface area contributed by atoms with Crippen LogP contribution in [0.5, 0.6) is 11.5 Å². The molecule has 0 unspecified atom stereocenters. The molecule has 0 saturated heterocycles. The summed E-state index contributed by atoms with van der Waals surface area (Å²) < 4.78 is 51.5. The number of amides is 2. The maximum atomic E-state index is 13.4. The summed E-state index contributed by atoms with van der Waals surface area (Å²) in [4.78, 5) is 24.8. The Morgan fingerprint density at radius 3 is 2.16 bits per heavy atom. The molecule has 4 rings (SSSR count). The monoisotopic (exact) mass is 604 g/mol. The van der Waals surface area contributed by atoms with Crippen molar-refractivity contribution in [1.29, 1.82) is 0 Å². The van der Waals surface area contributed by atoms with E-state index >= 15 is 0 Å². The molecule has 0 aromatic heterocycles. The molecule has 10 nitrogen and oxygen atoms in total. The largest absolute Gasteiger partial charge is 0.497 e. The maximum absolute atomic E-state index is 13.4. The molecule has 2 amide bonds. The van der Waals surface area contributed by atoms with Crippen LogP contribution in [0.4, 0.5) is 10.1 Å². The van der Waals surface area contributed by atoms with Gasteiger partial charge in [-0.25, -0.2) is 18.2 Å². The number of benzene rings is 4. The third-order valence-electron chi connectivity index (χ3n) is 6.00. The number of ether oxygens (including phenoxy) is 2. The van der Waals surface area contributed by atoms with Crippen molar-refractivity contribution < 1.29 is 31.9 Å². The molecule has 0 spiro atoms. The summed E-state index contributed by atoms with van der Waals surface area (Å²) in [7, 11) is -2.54. The molecule has 12 heteroatoms. The van der Waals surface area contributed by atoms with Crippen molar-refractivity contribution in [1.82, 2.24) is 9.73 Å². The average Bonchev–Trinajstić information content (AvgIpc) is 3.02. The number of methoxy groups -OCH3 is 1. The highest BCUT2D eigenvalue weighted by Crippen LogP contribution is 2.21. The molecule has 222 valence electrons. The predicted molar refractivity (Wildman–Crippen MR) is 160 cm³/mol. The summed E-state index contributed by atoms with van der Waals surface area (Å²) in [5.41, 5.74) is 4.15. The Morgan fingerprint density at radius 2 is 1.51 bits per heavy atom. The van der Waals surface area contributed by atoms with Gasteiger partial charge in [-0.15, -0.1) is 0 Å². The molecule has 4 aromatic carbocycles. The summed E-state index contributed by atoms with van der Waals surface area (Å²) >= 11 is 0. The third-order valence-corrected chi connectivity index (χ3v) is 7.81. The average molecular weight is 605 g/mol. The number of nitrogens with zero attached hydrogens (tertiary/aromatic N) is 2. The van der Waals surface area contributed by atoms with Crippen LogP contribution in [0.3, 0.4) is 0 Å². The lowest BCUT2D eigenvalue weighted by Crippen LogP contribution is -2.39. The van der Waals surface area contributed by atoms with Crippen LogP contribution in [0.1, 0.15) is 11.1 Å². The van der Waals surface area contributed by atoms with Crippen molar-refractivity contribution in [2.45, 2.75) is 11.4 Å². The van der Waals surface area contributed by atoms with Crippen LogP contribution in [-0.4, -0.2) is 51.0 Å². The third kappa shape index (κ3) is 9.21. The van der Waals surface area contributed by atoms with E-state index in [0.29, 0.717) is 28.3 Å². The summed E-state index contributed by atoms with van der Waals surface area (Å²) in [6.45, 7) is -0.733. The van der Waals surface area contributed by atoms with Crippen molar-refractivity contribution in [2.75, 3.05) is 25.6 Å². The SMILES string of the molecule is COc1ccc(S(=O)(=O)N(CC(=O)N/N=C/c2ccc(OCC(=O)Nc3ccc(F)cc3)cc2)Cc2ccccc2)cc1. The summed E-state index contributed by atoms with van der Waals surface area (Å²) in [5.74, 6) is -0.505. The summed E-state index contributed by atoms with van der Waals surface area (Å²) in [5, 5.41) is 6.54. The van der Waals surface area contributed by atoms with Gasteiger partial charge in [0.25, 0.3) is 11.8 Å². The van der Waals surface area contributed by atoms with E-state index in [-0.39, 0.29) is 18.0 Å². The smallest absolute Gasteiger partial charge is 0.262 e. The number of carbonyl (C=O) groups excluding carboxylic acids is 2. The van der Waals surface area contributed by atoms with Gasteiger partial charge in [0.1, 0.15) is 17.3 Å². The van der Waals surface area contributed by atoms with Crippen molar-refractivity contribution >= 4 is 33.7 Å². The molecule has 0 aliphatic heterocycles. The van der Waals surface area contributed by atoms with Crippen LogP contribution in [0.15, 0.2) is 113 Å². The molecule has 2 N–H and O–H groups in total. The number of sulfonamides is 1. The van der Waals surface area contributed by atoms with Crippen molar-refractivity contribution in [3.8, 4) is 11.5 Å². The Hall–Kier alpha value is -5.07. The Bertz CT molecular complexity index is 1650. The minimum Gasteiger partial charge on any atom is -0.497 e. The summed E-state index contributed by atoms with van der Waals surface area (Å²) in [6.07, 6.45) is 1.39. The Kier molecular flexibility index (Phi) is 10.6. The minimum absolute atomic E-state index is 0.0181. The molecular weight excluding hydrogens is 575 g/mol. The topological polar surface area (TPSA) is 126 Å². The minimum atomic E-state index is -4.02. The van der Waals surface area contributed by atoms with E-state index in [1.807, 2.05) is 6.07 Å². The molecule has 43 heavy (non-hydrogen) atoms. The van der Waals surface area contributed by atoms with E-state index in [9.17, 15) is 22.4 Å². The number of nitrogens with one attached hydrogen (secondary N) is 2. The zero-order chi connectivity index (χ0) is 30.7. The number of hydrogen-bond acceptors (Lipinski definition) is 7. The number of anilines is 1. The van der Waals surface area contributed by atoms with Crippen LogP contribution in [0, 0.1) is 5.82 Å². The molecule has 0 aliphatic carbocycles. The van der Waals surface area contributed by atoms with Gasteiger partial charge in [0, 0.05) is 12.2 Å². The first kappa shape index (κ1) is 30.9. The normalized spacial score (nSPS) is 11.3. The highest BCUT2D eigenvalue weighted by atomic mass is 32.2. The molecule has 0 fully saturated rings. The van der Waals surface area contributed by atoms with Gasteiger partial charge in [0.15, 0.2) is 6.61 Å². The van der Waals surface area contributed by atoms with Gasteiger partial charge in [-0.1, -0.05) is 30.3 Å².